The van der Waals surface area contributed by atoms with E-state index in [0.29, 0.717) is 36.9 Å². The van der Waals surface area contributed by atoms with E-state index < -0.39 is 17.2 Å². The summed E-state index contributed by atoms with van der Waals surface area (Å²) >= 11 is 5.81. The van der Waals surface area contributed by atoms with Crippen molar-refractivity contribution in [2.45, 2.75) is 63.6 Å². The van der Waals surface area contributed by atoms with Crippen molar-refractivity contribution in [3.8, 4) is 5.75 Å². The van der Waals surface area contributed by atoms with Crippen LogP contribution in [0.4, 0.5) is 10.1 Å². The number of aromatic nitrogens is 1. The molecule has 1 aliphatic heterocycles. The van der Waals surface area contributed by atoms with Crippen LogP contribution in [0.25, 0.3) is 10.9 Å². The van der Waals surface area contributed by atoms with Crippen LogP contribution in [0.2, 0.25) is 0 Å². The predicted octanol–water partition coefficient (Wildman–Crippen LogP) is 3.76. The molecule has 0 spiro atoms. The average molecular weight is 529 g/mol. The Morgan fingerprint density at radius 3 is 2.59 bits per heavy atom. The van der Waals surface area contributed by atoms with Gasteiger partial charge in [0.05, 0.1) is 18.0 Å². The molecule has 4 fully saturated rings. The van der Waals surface area contributed by atoms with Gasteiger partial charge in [0.1, 0.15) is 11.3 Å². The molecule has 1 aromatic carbocycles. The van der Waals surface area contributed by atoms with Crippen molar-refractivity contribution in [3.05, 3.63) is 33.9 Å². The number of ether oxygens (including phenoxy) is 1. The lowest BCUT2D eigenvalue weighted by atomic mass is 9.95. The summed E-state index contributed by atoms with van der Waals surface area (Å²) in [5.41, 5.74) is -0.281. The topological polar surface area (TPSA) is 87.0 Å². The van der Waals surface area contributed by atoms with Gasteiger partial charge in [-0.25, -0.2) is 9.18 Å². The second kappa shape index (κ2) is 9.15. The molecule has 198 valence electrons. The van der Waals surface area contributed by atoms with Crippen LogP contribution in [0, 0.1) is 17.7 Å². The average Bonchev–Trinajstić information content (AvgIpc) is 3.50. The molecule has 4 aliphatic rings. The molecule has 2 bridgehead atoms. The normalized spacial score (nSPS) is 27.1. The highest BCUT2D eigenvalue weighted by Crippen LogP contribution is 2.45. The number of aromatic carboxylic acids is 1. The lowest BCUT2D eigenvalue weighted by Gasteiger charge is -2.43. The smallest absolute Gasteiger partial charge is 0.341 e. The number of pyridine rings is 1. The fourth-order valence-corrected chi connectivity index (χ4v) is 7.27. The van der Waals surface area contributed by atoms with Crippen LogP contribution in [0.5, 0.6) is 5.75 Å². The molecule has 3 saturated carbocycles. The number of carbonyl (C=O) groups is 1. The van der Waals surface area contributed by atoms with E-state index in [1.165, 1.54) is 45.1 Å². The molecule has 3 aliphatic carbocycles. The van der Waals surface area contributed by atoms with E-state index in [9.17, 15) is 14.7 Å². The zero-order valence-corrected chi connectivity index (χ0v) is 22.0. The first-order valence-electron chi connectivity index (χ1n) is 13.3. The molecule has 0 unspecified atom stereocenters. The van der Waals surface area contributed by atoms with Crippen molar-refractivity contribution in [1.29, 1.82) is 0 Å². The minimum atomic E-state index is -1.32. The van der Waals surface area contributed by atoms with Gasteiger partial charge in [0.15, 0.2) is 16.7 Å². The van der Waals surface area contributed by atoms with Gasteiger partial charge in [0, 0.05) is 44.0 Å². The third-order valence-corrected chi connectivity index (χ3v) is 9.18. The molecule has 1 aromatic heterocycles. The Kier molecular flexibility index (Phi) is 6.05. The minimum Gasteiger partial charge on any atom is -0.492 e. The number of hydrogen-bond acceptors (Lipinski definition) is 5. The molecule has 37 heavy (non-hydrogen) atoms. The lowest BCUT2D eigenvalue weighted by Crippen LogP contribution is -2.58. The largest absolute Gasteiger partial charge is 0.492 e. The van der Waals surface area contributed by atoms with Crippen LogP contribution in [-0.2, 0) is 0 Å². The number of anilines is 1. The molecular formula is C27H33FN4O4S. The molecule has 2 N–H and O–H groups in total. The molecule has 8 nitrogen and oxygen atoms in total. The number of benzene rings is 1. The summed E-state index contributed by atoms with van der Waals surface area (Å²) in [5, 5.41) is 14.0. The maximum Gasteiger partial charge on any atom is 0.341 e. The SMILES string of the molecule is COc1c(N2CCN(C(=S)N[C@@H]3C[C@H]4CC[C@H]3C4)[C@H](C)C2)c(F)cc2c(=O)c(C(=O)O)cn(C3CC3)c12. The van der Waals surface area contributed by atoms with Gasteiger partial charge in [-0.05, 0) is 69.1 Å². The van der Waals surface area contributed by atoms with Crippen molar-refractivity contribution in [3.63, 3.8) is 0 Å². The van der Waals surface area contributed by atoms with Crippen LogP contribution >= 0.6 is 12.2 Å². The Morgan fingerprint density at radius 1 is 1.22 bits per heavy atom. The Morgan fingerprint density at radius 2 is 2.00 bits per heavy atom. The first-order valence-corrected chi connectivity index (χ1v) is 13.7. The summed E-state index contributed by atoms with van der Waals surface area (Å²) in [6.45, 7) is 3.81. The van der Waals surface area contributed by atoms with E-state index in [1.54, 1.807) is 4.57 Å². The minimum absolute atomic E-state index is 0.0350. The van der Waals surface area contributed by atoms with E-state index in [2.05, 4.69) is 17.1 Å². The molecular weight excluding hydrogens is 495 g/mol. The molecule has 6 rings (SSSR count). The summed E-state index contributed by atoms with van der Waals surface area (Å²) in [5.74, 6) is -0.0672. The van der Waals surface area contributed by atoms with Gasteiger partial charge in [-0.3, -0.25) is 4.79 Å². The number of hydrogen-bond donors (Lipinski definition) is 2. The third-order valence-electron chi connectivity index (χ3n) is 8.82. The third kappa shape index (κ3) is 4.13. The maximum absolute atomic E-state index is 15.7. The highest BCUT2D eigenvalue weighted by molar-refractivity contribution is 7.80. The van der Waals surface area contributed by atoms with E-state index in [4.69, 9.17) is 17.0 Å². The molecule has 4 atom stereocenters. The number of nitrogens with one attached hydrogen (secondary N) is 1. The van der Waals surface area contributed by atoms with Crippen molar-refractivity contribution in [2.24, 2.45) is 11.8 Å². The van der Waals surface area contributed by atoms with Crippen molar-refractivity contribution >= 4 is 39.9 Å². The maximum atomic E-state index is 15.7. The fraction of sp³-hybridized carbons (Fsp3) is 0.593. The van der Waals surface area contributed by atoms with Crippen LogP contribution < -0.4 is 20.4 Å². The first kappa shape index (κ1) is 24.5. The van der Waals surface area contributed by atoms with E-state index in [-0.39, 0.29) is 28.8 Å². The number of fused-ring (bicyclic) bond motifs is 3. The molecule has 10 heteroatoms. The molecule has 2 heterocycles. The standard InChI is InChI=1S/C27H33FN4O4S/c1-14-12-30(7-8-31(14)27(37)29-21-10-15-3-4-16(21)9-15)23-20(28)11-18-22(25(23)36-2)32(17-5-6-17)13-19(24(18)33)26(34)35/h11,13-17,21H,3-10,12H2,1-2H3,(H,29,37)(H,34,35)/t14-,15+,16+,21-/m1/s1. The van der Waals surface area contributed by atoms with Crippen molar-refractivity contribution in [2.75, 3.05) is 31.6 Å². The summed E-state index contributed by atoms with van der Waals surface area (Å²) in [4.78, 5) is 28.8. The highest BCUT2D eigenvalue weighted by atomic mass is 32.1. The van der Waals surface area contributed by atoms with Gasteiger partial charge in [-0.2, -0.15) is 0 Å². The van der Waals surface area contributed by atoms with Gasteiger partial charge < -0.3 is 29.5 Å². The van der Waals surface area contributed by atoms with E-state index >= 15 is 4.39 Å². The number of methoxy groups -OCH3 is 1. The van der Waals surface area contributed by atoms with Crippen molar-refractivity contribution in [1.82, 2.24) is 14.8 Å². The first-order chi connectivity index (χ1) is 17.8. The van der Waals surface area contributed by atoms with Gasteiger partial charge in [0.2, 0.25) is 5.43 Å². The van der Waals surface area contributed by atoms with Crippen molar-refractivity contribution < 1.29 is 19.0 Å². The Balaban J connectivity index is 1.30. The number of piperazine rings is 1. The van der Waals surface area contributed by atoms with Crippen LogP contribution in [-0.4, -0.2) is 64.5 Å². The van der Waals surface area contributed by atoms with Gasteiger partial charge in [-0.15, -0.1) is 0 Å². The molecule has 2 aromatic rings. The van der Waals surface area contributed by atoms with Gasteiger partial charge >= 0.3 is 5.97 Å². The monoisotopic (exact) mass is 528 g/mol. The second-order valence-corrected chi connectivity index (χ2v) is 11.6. The number of carboxylic acid groups (broad SMARTS) is 1. The lowest BCUT2D eigenvalue weighted by molar-refractivity contribution is 0.0694. The van der Waals surface area contributed by atoms with Crippen LogP contribution in [0.1, 0.15) is 61.8 Å². The summed E-state index contributed by atoms with van der Waals surface area (Å²) < 4.78 is 23.2. The number of carboxylic acids is 1. The number of nitrogens with zero attached hydrogens (tertiary/aromatic N) is 3. The zero-order valence-electron chi connectivity index (χ0n) is 21.2. The predicted molar refractivity (Wildman–Crippen MR) is 143 cm³/mol. The Labute approximate surface area is 220 Å². The fourth-order valence-electron chi connectivity index (χ4n) is 6.85. The van der Waals surface area contributed by atoms with E-state index in [1.807, 2.05) is 4.90 Å². The number of thiocarbonyl (C=S) groups is 1. The molecule has 0 radical (unpaired) electrons. The van der Waals surface area contributed by atoms with Crippen LogP contribution in [0.15, 0.2) is 17.1 Å². The summed E-state index contributed by atoms with van der Waals surface area (Å²) in [6, 6.07) is 1.76. The van der Waals surface area contributed by atoms with Gasteiger partial charge in [0.25, 0.3) is 0 Å². The van der Waals surface area contributed by atoms with Gasteiger partial charge in [-0.1, -0.05) is 6.42 Å². The molecule has 1 saturated heterocycles. The summed E-state index contributed by atoms with van der Waals surface area (Å²) in [7, 11) is 1.47. The molecule has 0 amide bonds. The number of rotatable bonds is 5. The van der Waals surface area contributed by atoms with Crippen LogP contribution in [0.3, 0.4) is 0 Å². The summed E-state index contributed by atoms with van der Waals surface area (Å²) in [6.07, 6.45) is 8.27. The second-order valence-electron chi connectivity index (χ2n) is 11.2. The quantitative estimate of drug-likeness (QED) is 0.568. The highest BCUT2D eigenvalue weighted by Gasteiger charge is 2.41. The Bertz CT molecular complexity index is 1340. The number of halogens is 1. The van der Waals surface area contributed by atoms with E-state index in [0.717, 1.165) is 29.8 Å². The Hall–Kier alpha value is -2.88. The zero-order chi connectivity index (χ0) is 26.0.